The van der Waals surface area contributed by atoms with E-state index in [2.05, 4.69) is 5.73 Å². The van der Waals surface area contributed by atoms with Gasteiger partial charge in [-0.25, -0.2) is 0 Å². The van der Waals surface area contributed by atoms with E-state index in [-0.39, 0.29) is 0 Å². The van der Waals surface area contributed by atoms with Crippen LogP contribution in [0.1, 0.15) is 5.56 Å². The number of carbonyl (C=O) groups excluding carboxylic acids is 1. The predicted octanol–water partition coefficient (Wildman–Crippen LogP) is 2.46. The van der Waals surface area contributed by atoms with Gasteiger partial charge in [0.15, 0.2) is 0 Å². The number of halogens is 4. The Hall–Kier alpha value is -1.23. The number of amides is 1. The van der Waals surface area contributed by atoms with Crippen LogP contribution in [0.25, 0.3) is 0 Å². The Kier molecular flexibility index (Phi) is 5.77. The van der Waals surface area contributed by atoms with Crippen molar-refractivity contribution in [3.05, 3.63) is 35.9 Å². The normalized spacial score (nSPS) is 10.1. The lowest BCUT2D eigenvalue weighted by atomic mass is 10.2. The maximum absolute atomic E-state index is 10.7. The van der Waals surface area contributed by atoms with Gasteiger partial charge in [0.25, 0.3) is 0 Å². The molecule has 1 rings (SSSR count). The van der Waals surface area contributed by atoms with Crippen LogP contribution in [-0.4, -0.2) is 12.1 Å². The third-order valence-electron chi connectivity index (χ3n) is 1.28. The summed E-state index contributed by atoms with van der Waals surface area (Å²) in [5.74, 6) is -1.64. The molecular formula is C9H9ClF3NO. The van der Waals surface area contributed by atoms with Gasteiger partial charge in [0.1, 0.15) is 0 Å². The molecule has 0 aliphatic heterocycles. The topological polar surface area (TPSA) is 43.1 Å². The van der Waals surface area contributed by atoms with Crippen LogP contribution in [0.5, 0.6) is 0 Å². The Morgan fingerprint density at radius 3 is 1.87 bits per heavy atom. The summed E-state index contributed by atoms with van der Waals surface area (Å²) in [6.07, 6.45) is -4.86. The summed E-state index contributed by atoms with van der Waals surface area (Å²) >= 11 is 5.53. The molecule has 0 heterocycles. The van der Waals surface area contributed by atoms with Gasteiger partial charge >= 0.3 is 12.1 Å². The molecule has 0 saturated heterocycles. The van der Waals surface area contributed by atoms with Gasteiger partial charge in [-0.1, -0.05) is 30.3 Å². The minimum absolute atomic E-state index is 0.612. The number of rotatable bonds is 1. The van der Waals surface area contributed by atoms with Crippen LogP contribution in [0, 0.1) is 0 Å². The van der Waals surface area contributed by atoms with E-state index in [1.165, 1.54) is 5.56 Å². The van der Waals surface area contributed by atoms with Crippen LogP contribution < -0.4 is 5.73 Å². The SMILES string of the molecule is ClCc1ccccc1.NC(=O)C(F)(F)F. The lowest BCUT2D eigenvalue weighted by molar-refractivity contribution is -0.169. The molecule has 2 N–H and O–H groups in total. The van der Waals surface area contributed by atoms with Crippen molar-refractivity contribution in [1.82, 2.24) is 0 Å². The second-order valence-corrected chi connectivity index (χ2v) is 2.75. The zero-order chi connectivity index (χ0) is 11.9. The number of nitrogens with two attached hydrogens (primary N) is 1. The summed E-state index contributed by atoms with van der Waals surface area (Å²) < 4.78 is 32.1. The maximum atomic E-state index is 10.7. The number of benzene rings is 1. The van der Waals surface area contributed by atoms with Crippen molar-refractivity contribution in [2.24, 2.45) is 5.73 Å². The maximum Gasteiger partial charge on any atom is 0.470 e. The van der Waals surface area contributed by atoms with Crippen molar-refractivity contribution in [3.8, 4) is 0 Å². The zero-order valence-corrected chi connectivity index (χ0v) is 8.35. The highest BCUT2D eigenvalue weighted by Crippen LogP contribution is 2.11. The Balaban J connectivity index is 0.000000265. The number of carbonyl (C=O) groups is 1. The van der Waals surface area contributed by atoms with Crippen LogP contribution in [-0.2, 0) is 10.7 Å². The molecule has 0 saturated carbocycles. The van der Waals surface area contributed by atoms with Gasteiger partial charge in [-0.3, -0.25) is 4.79 Å². The Bertz CT molecular complexity index is 300. The van der Waals surface area contributed by atoms with Crippen molar-refractivity contribution in [3.63, 3.8) is 0 Å². The van der Waals surface area contributed by atoms with Crippen molar-refractivity contribution in [2.45, 2.75) is 12.1 Å². The second kappa shape index (κ2) is 6.29. The van der Waals surface area contributed by atoms with Crippen molar-refractivity contribution in [2.75, 3.05) is 0 Å². The van der Waals surface area contributed by atoms with Crippen molar-refractivity contribution < 1.29 is 18.0 Å². The zero-order valence-electron chi connectivity index (χ0n) is 7.59. The van der Waals surface area contributed by atoms with E-state index in [1.54, 1.807) is 0 Å². The number of hydrogen-bond donors (Lipinski definition) is 1. The van der Waals surface area contributed by atoms with E-state index in [0.717, 1.165) is 0 Å². The van der Waals surface area contributed by atoms with Gasteiger partial charge in [-0.05, 0) is 5.56 Å². The molecule has 0 bridgehead atoms. The van der Waals surface area contributed by atoms with Crippen LogP contribution in [0.4, 0.5) is 13.2 Å². The first kappa shape index (κ1) is 13.8. The van der Waals surface area contributed by atoms with Crippen LogP contribution in [0.2, 0.25) is 0 Å². The average Bonchev–Trinajstić information content (AvgIpc) is 2.18. The summed E-state index contributed by atoms with van der Waals surface area (Å²) in [7, 11) is 0. The Labute approximate surface area is 89.8 Å². The lowest BCUT2D eigenvalue weighted by Crippen LogP contribution is -2.30. The molecule has 0 aromatic heterocycles. The fourth-order valence-electron chi connectivity index (χ4n) is 0.567. The van der Waals surface area contributed by atoms with Crippen molar-refractivity contribution in [1.29, 1.82) is 0 Å². The van der Waals surface area contributed by atoms with Gasteiger partial charge in [0.05, 0.1) is 0 Å². The van der Waals surface area contributed by atoms with Gasteiger partial charge in [-0.2, -0.15) is 13.2 Å². The molecule has 84 valence electrons. The Morgan fingerprint density at radius 2 is 1.67 bits per heavy atom. The van der Waals surface area contributed by atoms with E-state index in [1.807, 2.05) is 30.3 Å². The lowest BCUT2D eigenvalue weighted by Gasteiger charge is -1.95. The van der Waals surface area contributed by atoms with E-state index in [4.69, 9.17) is 16.4 Å². The predicted molar refractivity (Wildman–Crippen MR) is 51.2 cm³/mol. The molecule has 1 amide bonds. The number of alkyl halides is 4. The van der Waals surface area contributed by atoms with Gasteiger partial charge in [0.2, 0.25) is 0 Å². The molecule has 0 spiro atoms. The van der Waals surface area contributed by atoms with E-state index < -0.39 is 12.1 Å². The van der Waals surface area contributed by atoms with E-state index in [0.29, 0.717) is 5.88 Å². The molecule has 2 nitrogen and oxygen atoms in total. The highest BCUT2D eigenvalue weighted by atomic mass is 35.5. The summed E-state index contributed by atoms with van der Waals surface area (Å²) in [5, 5.41) is 0. The summed E-state index contributed by atoms with van der Waals surface area (Å²) in [6, 6.07) is 9.96. The minimum atomic E-state index is -4.86. The highest BCUT2D eigenvalue weighted by Gasteiger charge is 2.35. The fraction of sp³-hybridized carbons (Fsp3) is 0.222. The molecule has 6 heteroatoms. The largest absolute Gasteiger partial charge is 0.470 e. The molecule has 0 radical (unpaired) electrons. The van der Waals surface area contributed by atoms with Crippen LogP contribution >= 0.6 is 11.6 Å². The molecule has 0 aliphatic rings. The first-order chi connectivity index (χ1) is 6.88. The first-order valence-electron chi connectivity index (χ1n) is 3.84. The van der Waals surface area contributed by atoms with Crippen LogP contribution in [0.3, 0.4) is 0 Å². The number of hydrogen-bond acceptors (Lipinski definition) is 1. The molecule has 15 heavy (non-hydrogen) atoms. The smallest absolute Gasteiger partial charge is 0.362 e. The van der Waals surface area contributed by atoms with Gasteiger partial charge in [-0.15, -0.1) is 11.6 Å². The molecule has 1 aromatic carbocycles. The quantitative estimate of drug-likeness (QED) is 0.752. The Morgan fingerprint density at radius 1 is 1.27 bits per heavy atom. The third kappa shape index (κ3) is 6.79. The van der Waals surface area contributed by atoms with E-state index >= 15 is 0 Å². The fourth-order valence-corrected chi connectivity index (χ4v) is 0.745. The third-order valence-corrected chi connectivity index (χ3v) is 1.59. The summed E-state index contributed by atoms with van der Waals surface area (Å²) in [6.45, 7) is 0. The van der Waals surface area contributed by atoms with Gasteiger partial charge in [0, 0.05) is 5.88 Å². The standard InChI is InChI=1S/C7H7Cl.C2H2F3NO/c8-6-7-4-2-1-3-5-7;3-2(4,5)1(6)7/h1-5H,6H2;(H2,6,7). The van der Waals surface area contributed by atoms with E-state index in [9.17, 15) is 13.2 Å². The molecular weight excluding hydrogens is 231 g/mol. The summed E-state index contributed by atoms with van der Waals surface area (Å²) in [4.78, 5) is 9.12. The monoisotopic (exact) mass is 239 g/mol. The molecule has 0 atom stereocenters. The number of primary amides is 1. The second-order valence-electron chi connectivity index (χ2n) is 2.48. The molecule has 1 aromatic rings. The molecule has 0 fully saturated rings. The van der Waals surface area contributed by atoms with Crippen LogP contribution in [0.15, 0.2) is 30.3 Å². The molecule has 0 unspecified atom stereocenters. The highest BCUT2D eigenvalue weighted by molar-refractivity contribution is 6.17. The first-order valence-corrected chi connectivity index (χ1v) is 4.38. The molecule has 0 aliphatic carbocycles. The summed E-state index contributed by atoms with van der Waals surface area (Å²) in [5.41, 5.74) is 4.98. The minimum Gasteiger partial charge on any atom is -0.362 e. The average molecular weight is 240 g/mol. The van der Waals surface area contributed by atoms with Crippen molar-refractivity contribution >= 4 is 17.5 Å². The van der Waals surface area contributed by atoms with Gasteiger partial charge < -0.3 is 5.73 Å².